The molecule has 0 aliphatic carbocycles. The maximum atomic E-state index is 6.05. The Balaban J connectivity index is 2.50. The van der Waals surface area contributed by atoms with Crippen molar-refractivity contribution < 1.29 is 0 Å². The molecular formula is C11H14BrCl. The van der Waals surface area contributed by atoms with E-state index in [0.717, 1.165) is 19.3 Å². The third kappa shape index (κ3) is 3.70. The third-order valence-electron chi connectivity index (χ3n) is 2.13. The zero-order valence-electron chi connectivity index (χ0n) is 7.76. The second kappa shape index (κ2) is 5.66. The normalized spacial score (nSPS) is 12.8. The van der Waals surface area contributed by atoms with Crippen LogP contribution in [0.15, 0.2) is 28.7 Å². The van der Waals surface area contributed by atoms with E-state index in [-0.39, 0.29) is 0 Å². The molecule has 0 spiro atoms. The molecule has 72 valence electrons. The van der Waals surface area contributed by atoms with Gasteiger partial charge in [0.25, 0.3) is 0 Å². The fraction of sp³-hybridized carbons (Fsp3) is 0.455. The highest BCUT2D eigenvalue weighted by molar-refractivity contribution is 9.10. The van der Waals surface area contributed by atoms with Gasteiger partial charge in [0.2, 0.25) is 0 Å². The molecule has 0 N–H and O–H groups in total. The van der Waals surface area contributed by atoms with E-state index in [9.17, 15) is 0 Å². The molecule has 0 amide bonds. The lowest BCUT2D eigenvalue weighted by atomic mass is 10.1. The van der Waals surface area contributed by atoms with Crippen LogP contribution in [0.5, 0.6) is 0 Å². The van der Waals surface area contributed by atoms with Crippen molar-refractivity contribution >= 4 is 27.5 Å². The molecule has 0 nitrogen and oxygen atoms in total. The molecule has 1 atom stereocenters. The largest absolute Gasteiger partial charge is 0.123 e. The second-order valence-corrected chi connectivity index (χ2v) is 4.61. The minimum atomic E-state index is 0.312. The van der Waals surface area contributed by atoms with Crippen LogP contribution in [0.2, 0.25) is 0 Å². The van der Waals surface area contributed by atoms with Crippen molar-refractivity contribution in [2.75, 3.05) is 0 Å². The van der Waals surface area contributed by atoms with Gasteiger partial charge in [-0.2, -0.15) is 0 Å². The van der Waals surface area contributed by atoms with Crippen LogP contribution in [0.1, 0.15) is 25.3 Å². The van der Waals surface area contributed by atoms with Gasteiger partial charge in [-0.15, -0.1) is 11.6 Å². The Kier molecular flexibility index (Phi) is 4.82. The average Bonchev–Trinajstić information content (AvgIpc) is 2.16. The van der Waals surface area contributed by atoms with E-state index in [1.807, 2.05) is 6.07 Å². The molecule has 0 radical (unpaired) electrons. The molecule has 0 fully saturated rings. The number of rotatable bonds is 4. The molecule has 0 aliphatic rings. The van der Waals surface area contributed by atoms with Gasteiger partial charge in [0.05, 0.1) is 0 Å². The Morgan fingerprint density at radius 3 is 2.69 bits per heavy atom. The number of hydrogen-bond acceptors (Lipinski definition) is 0. The summed E-state index contributed by atoms with van der Waals surface area (Å²) in [6.45, 7) is 2.12. The first-order valence-electron chi connectivity index (χ1n) is 4.61. The van der Waals surface area contributed by atoms with Crippen molar-refractivity contribution in [2.45, 2.75) is 31.6 Å². The van der Waals surface area contributed by atoms with Gasteiger partial charge in [-0.3, -0.25) is 0 Å². The van der Waals surface area contributed by atoms with Crippen LogP contribution >= 0.6 is 27.5 Å². The standard InChI is InChI=1S/C11H14BrCl/c1-2-10(13)8-7-9-5-3-4-6-11(9)12/h3-6,10H,2,7-8H2,1H3. The lowest BCUT2D eigenvalue weighted by Crippen LogP contribution is -1.98. The minimum absolute atomic E-state index is 0.312. The minimum Gasteiger partial charge on any atom is -0.123 e. The number of alkyl halides is 1. The molecule has 0 bridgehead atoms. The number of aryl methyl sites for hydroxylation is 1. The predicted octanol–water partition coefficient (Wildman–Crippen LogP) is 4.40. The van der Waals surface area contributed by atoms with Crippen LogP contribution in [0.3, 0.4) is 0 Å². The Morgan fingerprint density at radius 1 is 1.38 bits per heavy atom. The predicted molar refractivity (Wildman–Crippen MR) is 62.4 cm³/mol. The van der Waals surface area contributed by atoms with E-state index in [1.165, 1.54) is 10.0 Å². The monoisotopic (exact) mass is 260 g/mol. The first-order valence-corrected chi connectivity index (χ1v) is 5.84. The van der Waals surface area contributed by atoms with Gasteiger partial charge in [0.15, 0.2) is 0 Å². The number of hydrogen-bond donors (Lipinski definition) is 0. The van der Waals surface area contributed by atoms with Gasteiger partial charge in [0, 0.05) is 9.85 Å². The van der Waals surface area contributed by atoms with Gasteiger partial charge in [-0.05, 0) is 30.9 Å². The quantitative estimate of drug-likeness (QED) is 0.705. The van der Waals surface area contributed by atoms with Gasteiger partial charge in [-0.25, -0.2) is 0 Å². The van der Waals surface area contributed by atoms with Gasteiger partial charge in [0.1, 0.15) is 0 Å². The lowest BCUT2D eigenvalue weighted by molar-refractivity contribution is 0.725. The van der Waals surface area contributed by atoms with Crippen molar-refractivity contribution in [3.05, 3.63) is 34.3 Å². The van der Waals surface area contributed by atoms with Crippen molar-refractivity contribution in [1.29, 1.82) is 0 Å². The van der Waals surface area contributed by atoms with Gasteiger partial charge >= 0.3 is 0 Å². The first-order chi connectivity index (χ1) is 6.24. The highest BCUT2D eigenvalue weighted by atomic mass is 79.9. The van der Waals surface area contributed by atoms with Crippen LogP contribution in [0.4, 0.5) is 0 Å². The fourth-order valence-corrected chi connectivity index (χ4v) is 1.81. The summed E-state index contributed by atoms with van der Waals surface area (Å²) in [6, 6.07) is 8.31. The highest BCUT2D eigenvalue weighted by Crippen LogP contribution is 2.19. The molecule has 0 aliphatic heterocycles. The SMILES string of the molecule is CCC(Cl)CCc1ccccc1Br. The molecule has 0 aromatic heterocycles. The van der Waals surface area contributed by atoms with Crippen LogP contribution in [-0.4, -0.2) is 5.38 Å². The molecule has 2 heteroatoms. The first kappa shape index (κ1) is 11.1. The molecule has 1 aromatic carbocycles. The second-order valence-electron chi connectivity index (χ2n) is 3.14. The topological polar surface area (TPSA) is 0 Å². The number of halogens is 2. The third-order valence-corrected chi connectivity index (χ3v) is 3.43. The van der Waals surface area contributed by atoms with Crippen molar-refractivity contribution in [2.24, 2.45) is 0 Å². The Hall–Kier alpha value is -0.0100. The van der Waals surface area contributed by atoms with E-state index in [1.54, 1.807) is 0 Å². The molecule has 1 rings (SSSR count). The van der Waals surface area contributed by atoms with Crippen molar-refractivity contribution in [3.8, 4) is 0 Å². The average molecular weight is 262 g/mol. The van der Waals surface area contributed by atoms with E-state index < -0.39 is 0 Å². The summed E-state index contributed by atoms with van der Waals surface area (Å²) in [5.41, 5.74) is 1.35. The molecule has 1 aromatic rings. The maximum absolute atomic E-state index is 6.05. The Bertz CT molecular complexity index is 260. The van der Waals surface area contributed by atoms with Crippen molar-refractivity contribution in [3.63, 3.8) is 0 Å². The van der Waals surface area contributed by atoms with Crippen LogP contribution in [0, 0.1) is 0 Å². The van der Waals surface area contributed by atoms with Crippen LogP contribution < -0.4 is 0 Å². The zero-order chi connectivity index (χ0) is 9.68. The highest BCUT2D eigenvalue weighted by Gasteiger charge is 2.03. The molecule has 1 unspecified atom stereocenters. The molecule has 0 saturated carbocycles. The van der Waals surface area contributed by atoms with E-state index >= 15 is 0 Å². The van der Waals surface area contributed by atoms with E-state index in [4.69, 9.17) is 11.6 Å². The molecule has 0 heterocycles. The zero-order valence-corrected chi connectivity index (χ0v) is 10.1. The van der Waals surface area contributed by atoms with Gasteiger partial charge in [-0.1, -0.05) is 41.1 Å². The Morgan fingerprint density at radius 2 is 2.08 bits per heavy atom. The molecular weight excluding hydrogens is 247 g/mol. The van der Waals surface area contributed by atoms with E-state index in [2.05, 4.69) is 41.1 Å². The summed E-state index contributed by atoms with van der Waals surface area (Å²) in [6.07, 6.45) is 3.16. The smallest absolute Gasteiger partial charge is 0.0336 e. The molecule has 13 heavy (non-hydrogen) atoms. The van der Waals surface area contributed by atoms with Crippen LogP contribution in [0.25, 0.3) is 0 Å². The van der Waals surface area contributed by atoms with Crippen LogP contribution in [-0.2, 0) is 6.42 Å². The fourth-order valence-electron chi connectivity index (χ4n) is 1.22. The summed E-state index contributed by atoms with van der Waals surface area (Å²) in [7, 11) is 0. The lowest BCUT2D eigenvalue weighted by Gasteiger charge is -2.07. The summed E-state index contributed by atoms with van der Waals surface area (Å²) < 4.78 is 1.19. The summed E-state index contributed by atoms with van der Waals surface area (Å²) in [5, 5.41) is 0.312. The van der Waals surface area contributed by atoms with Gasteiger partial charge < -0.3 is 0 Å². The maximum Gasteiger partial charge on any atom is 0.0336 e. The van der Waals surface area contributed by atoms with E-state index in [0.29, 0.717) is 5.38 Å². The molecule has 0 saturated heterocycles. The van der Waals surface area contributed by atoms with Crippen molar-refractivity contribution in [1.82, 2.24) is 0 Å². The summed E-state index contributed by atoms with van der Waals surface area (Å²) in [4.78, 5) is 0. The summed E-state index contributed by atoms with van der Waals surface area (Å²) >= 11 is 9.58. The number of benzene rings is 1. The summed E-state index contributed by atoms with van der Waals surface area (Å²) in [5.74, 6) is 0. The Labute approximate surface area is 93.4 Å².